The Morgan fingerprint density at radius 3 is 2.57 bits per heavy atom. The highest BCUT2D eigenvalue weighted by Crippen LogP contribution is 2.26. The van der Waals surface area contributed by atoms with E-state index in [0.717, 1.165) is 28.9 Å². The summed E-state index contributed by atoms with van der Waals surface area (Å²) in [5.74, 6) is 0.486. The molecule has 2 aromatic carbocycles. The van der Waals surface area contributed by atoms with Crippen LogP contribution in [0.25, 0.3) is 0 Å². The molecule has 2 aromatic rings. The van der Waals surface area contributed by atoms with Gasteiger partial charge in [0.2, 0.25) is 0 Å². The lowest BCUT2D eigenvalue weighted by Crippen LogP contribution is -2.19. The molecule has 0 aliphatic heterocycles. The minimum Gasteiger partial charge on any atom is -0.496 e. The molecule has 1 N–H and O–H groups in total. The quantitative estimate of drug-likeness (QED) is 0.889. The highest BCUT2D eigenvalue weighted by Gasteiger charge is 2.13. The van der Waals surface area contributed by atoms with E-state index in [1.54, 1.807) is 19.2 Å². The molecule has 0 saturated heterocycles. The summed E-state index contributed by atoms with van der Waals surface area (Å²) < 4.78 is 18.5. The number of hydrogen-bond acceptors (Lipinski definition) is 2. The minimum atomic E-state index is -0.387. The number of benzene rings is 2. The number of ether oxygens (including phenoxy) is 1. The van der Waals surface area contributed by atoms with Crippen molar-refractivity contribution in [1.29, 1.82) is 0 Å². The van der Waals surface area contributed by atoms with Crippen molar-refractivity contribution in [2.45, 2.75) is 19.4 Å². The highest BCUT2D eigenvalue weighted by molar-refractivity contribution is 6.30. The normalized spacial score (nSPS) is 12.2. The summed E-state index contributed by atoms with van der Waals surface area (Å²) in [4.78, 5) is 0. The van der Waals surface area contributed by atoms with Crippen LogP contribution >= 0.6 is 11.6 Å². The molecule has 0 amide bonds. The van der Waals surface area contributed by atoms with E-state index >= 15 is 0 Å². The molecule has 2 rings (SSSR count). The van der Waals surface area contributed by atoms with Crippen molar-refractivity contribution >= 4 is 11.6 Å². The average Bonchev–Trinajstić information content (AvgIpc) is 2.48. The predicted octanol–water partition coefficient (Wildman–Crippen LogP) is 4.30. The smallest absolute Gasteiger partial charge is 0.141 e. The van der Waals surface area contributed by atoms with E-state index in [0.29, 0.717) is 0 Å². The maximum absolute atomic E-state index is 13.2. The first kappa shape index (κ1) is 15.8. The molecule has 0 saturated carbocycles. The maximum atomic E-state index is 13.2. The van der Waals surface area contributed by atoms with Gasteiger partial charge in [-0.05, 0) is 55.3 Å². The van der Waals surface area contributed by atoms with E-state index in [2.05, 4.69) is 11.4 Å². The largest absolute Gasteiger partial charge is 0.496 e. The molecule has 0 radical (unpaired) electrons. The molecule has 0 aliphatic rings. The minimum absolute atomic E-state index is 0.135. The Bertz CT molecular complexity index is 630. The van der Waals surface area contributed by atoms with E-state index in [1.165, 1.54) is 6.07 Å². The summed E-state index contributed by atoms with van der Waals surface area (Å²) in [6, 6.07) is 11.1. The van der Waals surface area contributed by atoms with Gasteiger partial charge in [-0.3, -0.25) is 0 Å². The fourth-order valence-electron chi connectivity index (χ4n) is 2.41. The second-order valence-electron chi connectivity index (χ2n) is 5.02. The second-order valence-corrected chi connectivity index (χ2v) is 5.43. The summed E-state index contributed by atoms with van der Waals surface area (Å²) in [7, 11) is 3.58. The molecule has 4 heteroatoms. The SMILES string of the molecule is CNC(Cc1ccc(F)c(Cl)c1)c1ccc(OC)c(C)c1. The van der Waals surface area contributed by atoms with Crippen LogP contribution in [0.1, 0.15) is 22.7 Å². The molecule has 0 bridgehead atoms. The van der Waals surface area contributed by atoms with Crippen LogP contribution in [-0.2, 0) is 6.42 Å². The molecule has 0 heterocycles. The number of rotatable bonds is 5. The lowest BCUT2D eigenvalue weighted by Gasteiger charge is -2.18. The van der Waals surface area contributed by atoms with Crippen LogP contribution in [0.15, 0.2) is 36.4 Å². The number of halogens is 2. The zero-order chi connectivity index (χ0) is 15.4. The van der Waals surface area contributed by atoms with Crippen LogP contribution in [0.3, 0.4) is 0 Å². The van der Waals surface area contributed by atoms with Crippen molar-refractivity contribution in [2.24, 2.45) is 0 Å². The Balaban J connectivity index is 2.23. The maximum Gasteiger partial charge on any atom is 0.141 e. The van der Waals surface area contributed by atoms with Crippen LogP contribution in [0.5, 0.6) is 5.75 Å². The monoisotopic (exact) mass is 307 g/mol. The number of aryl methyl sites for hydroxylation is 1. The molecule has 0 spiro atoms. The van der Waals surface area contributed by atoms with Gasteiger partial charge in [0.15, 0.2) is 0 Å². The van der Waals surface area contributed by atoms with Gasteiger partial charge < -0.3 is 10.1 Å². The van der Waals surface area contributed by atoms with Gasteiger partial charge in [-0.2, -0.15) is 0 Å². The number of nitrogens with one attached hydrogen (secondary N) is 1. The lowest BCUT2D eigenvalue weighted by atomic mass is 9.97. The van der Waals surface area contributed by atoms with E-state index in [9.17, 15) is 4.39 Å². The van der Waals surface area contributed by atoms with Crippen molar-refractivity contribution in [1.82, 2.24) is 5.32 Å². The third-order valence-electron chi connectivity index (χ3n) is 3.59. The van der Waals surface area contributed by atoms with Crippen LogP contribution in [0, 0.1) is 12.7 Å². The first-order valence-corrected chi connectivity index (χ1v) is 7.18. The van der Waals surface area contributed by atoms with Gasteiger partial charge >= 0.3 is 0 Å². The van der Waals surface area contributed by atoms with Gasteiger partial charge in [0.1, 0.15) is 11.6 Å². The number of hydrogen-bond donors (Lipinski definition) is 1. The predicted molar refractivity (Wildman–Crippen MR) is 84.6 cm³/mol. The number of likely N-dealkylation sites (N-methyl/N-ethyl adjacent to an activating group) is 1. The fourth-order valence-corrected chi connectivity index (χ4v) is 2.61. The summed E-state index contributed by atoms with van der Waals surface area (Å²) in [5.41, 5.74) is 3.25. The van der Waals surface area contributed by atoms with Crippen molar-refractivity contribution < 1.29 is 9.13 Å². The first-order valence-electron chi connectivity index (χ1n) is 6.81. The van der Waals surface area contributed by atoms with Crippen LogP contribution in [0.4, 0.5) is 4.39 Å². The zero-order valence-electron chi connectivity index (χ0n) is 12.4. The molecule has 21 heavy (non-hydrogen) atoms. The van der Waals surface area contributed by atoms with E-state index < -0.39 is 0 Å². The Morgan fingerprint density at radius 1 is 1.24 bits per heavy atom. The van der Waals surface area contributed by atoms with Gasteiger partial charge in [0.25, 0.3) is 0 Å². The van der Waals surface area contributed by atoms with E-state index in [-0.39, 0.29) is 16.9 Å². The topological polar surface area (TPSA) is 21.3 Å². The van der Waals surface area contributed by atoms with E-state index in [1.807, 2.05) is 26.1 Å². The zero-order valence-corrected chi connectivity index (χ0v) is 13.2. The molecule has 0 fully saturated rings. The Morgan fingerprint density at radius 2 is 2.00 bits per heavy atom. The van der Waals surface area contributed by atoms with Crippen molar-refractivity contribution in [3.63, 3.8) is 0 Å². The second kappa shape index (κ2) is 6.92. The fraction of sp³-hybridized carbons (Fsp3) is 0.294. The summed E-state index contributed by atoms with van der Waals surface area (Å²) in [6.07, 6.45) is 0.738. The third kappa shape index (κ3) is 3.74. The summed E-state index contributed by atoms with van der Waals surface area (Å²) in [6.45, 7) is 2.02. The molecule has 0 aromatic heterocycles. The molecule has 1 unspecified atom stereocenters. The Hall–Kier alpha value is -1.58. The van der Waals surface area contributed by atoms with Crippen molar-refractivity contribution in [3.8, 4) is 5.75 Å². The molecule has 1 atom stereocenters. The van der Waals surface area contributed by atoms with Crippen LogP contribution < -0.4 is 10.1 Å². The standard InChI is InChI=1S/C17H19ClFNO/c1-11-8-13(5-7-17(11)21-3)16(20-2)10-12-4-6-15(19)14(18)9-12/h4-9,16,20H,10H2,1-3H3. The first-order chi connectivity index (χ1) is 10.0. The van der Waals surface area contributed by atoms with Crippen molar-refractivity contribution in [3.05, 3.63) is 63.9 Å². The summed E-state index contributed by atoms with van der Waals surface area (Å²) in [5, 5.41) is 3.45. The average molecular weight is 308 g/mol. The van der Waals surface area contributed by atoms with Gasteiger partial charge in [-0.15, -0.1) is 0 Å². The highest BCUT2D eigenvalue weighted by atomic mass is 35.5. The third-order valence-corrected chi connectivity index (χ3v) is 3.88. The Labute approximate surface area is 129 Å². The molecule has 112 valence electrons. The van der Waals surface area contributed by atoms with Crippen molar-refractivity contribution in [2.75, 3.05) is 14.2 Å². The van der Waals surface area contributed by atoms with Gasteiger partial charge in [-0.1, -0.05) is 29.8 Å². The van der Waals surface area contributed by atoms with Crippen LogP contribution in [0.2, 0.25) is 5.02 Å². The molecule has 0 aliphatic carbocycles. The van der Waals surface area contributed by atoms with Gasteiger partial charge in [0, 0.05) is 6.04 Å². The van der Waals surface area contributed by atoms with Gasteiger partial charge in [0.05, 0.1) is 12.1 Å². The Kier molecular flexibility index (Phi) is 5.21. The molecular formula is C17H19ClFNO. The summed E-state index contributed by atoms with van der Waals surface area (Å²) >= 11 is 5.84. The number of methoxy groups -OCH3 is 1. The molecule has 2 nitrogen and oxygen atoms in total. The molecular weight excluding hydrogens is 289 g/mol. The van der Waals surface area contributed by atoms with Crippen LogP contribution in [-0.4, -0.2) is 14.2 Å². The van der Waals surface area contributed by atoms with E-state index in [4.69, 9.17) is 16.3 Å². The van der Waals surface area contributed by atoms with Gasteiger partial charge in [-0.25, -0.2) is 4.39 Å². The lowest BCUT2D eigenvalue weighted by molar-refractivity contribution is 0.411.